The Morgan fingerprint density at radius 3 is 2.46 bits per heavy atom. The van der Waals surface area contributed by atoms with Gasteiger partial charge in [0.2, 0.25) is 5.91 Å². The summed E-state index contributed by atoms with van der Waals surface area (Å²) < 4.78 is 5.12. The molecule has 0 aliphatic carbocycles. The van der Waals surface area contributed by atoms with Gasteiger partial charge in [-0.2, -0.15) is 0 Å². The topological polar surface area (TPSA) is 58.6 Å². The Kier molecular flexibility index (Phi) is 5.54. The molecule has 4 nitrogen and oxygen atoms in total. The second kappa shape index (κ2) is 8.02. The first-order valence-corrected chi connectivity index (χ1v) is 8.66. The molecule has 0 aliphatic rings. The van der Waals surface area contributed by atoms with Crippen LogP contribution >= 0.6 is 0 Å². The number of benzene rings is 3. The van der Waals surface area contributed by atoms with E-state index in [-0.39, 0.29) is 12.3 Å². The Morgan fingerprint density at radius 1 is 1.04 bits per heavy atom. The molecule has 0 heterocycles. The molecule has 0 aliphatic heterocycles. The Labute approximate surface area is 153 Å². The van der Waals surface area contributed by atoms with Crippen LogP contribution in [0.4, 0.5) is 0 Å². The van der Waals surface area contributed by atoms with Gasteiger partial charge in [-0.3, -0.25) is 4.79 Å². The molecule has 0 saturated heterocycles. The van der Waals surface area contributed by atoms with Gasteiger partial charge in [0.15, 0.2) is 0 Å². The predicted molar refractivity (Wildman–Crippen MR) is 103 cm³/mol. The average molecular weight is 349 g/mol. The van der Waals surface area contributed by atoms with E-state index in [1.54, 1.807) is 38.3 Å². The second-order valence-corrected chi connectivity index (χ2v) is 6.39. The van der Waals surface area contributed by atoms with E-state index in [4.69, 9.17) is 4.74 Å². The van der Waals surface area contributed by atoms with Crippen LogP contribution in [-0.4, -0.2) is 24.2 Å². The largest absolute Gasteiger partial charge is 0.497 e. The van der Waals surface area contributed by atoms with Crippen molar-refractivity contribution in [2.75, 3.05) is 7.11 Å². The number of aliphatic hydroxyl groups excluding tert-OH is 1. The quantitative estimate of drug-likeness (QED) is 0.714. The zero-order valence-electron chi connectivity index (χ0n) is 15.0. The molecule has 3 rings (SSSR count). The minimum Gasteiger partial charge on any atom is -0.497 e. The van der Waals surface area contributed by atoms with E-state index in [0.29, 0.717) is 0 Å². The molecule has 4 heteroatoms. The number of aliphatic hydroxyl groups is 1. The third-order valence-electron chi connectivity index (χ3n) is 4.55. The molecule has 0 spiro atoms. The van der Waals surface area contributed by atoms with Crippen LogP contribution in [0.2, 0.25) is 0 Å². The summed E-state index contributed by atoms with van der Waals surface area (Å²) >= 11 is 0. The molecule has 2 unspecified atom stereocenters. The summed E-state index contributed by atoms with van der Waals surface area (Å²) in [6.07, 6.45) is -0.501. The smallest absolute Gasteiger partial charge is 0.224 e. The fourth-order valence-corrected chi connectivity index (χ4v) is 3.09. The molecule has 3 aromatic rings. The second-order valence-electron chi connectivity index (χ2n) is 6.39. The first-order valence-electron chi connectivity index (χ1n) is 8.66. The van der Waals surface area contributed by atoms with Crippen molar-refractivity contribution in [3.8, 4) is 5.75 Å². The highest BCUT2D eigenvalue weighted by Crippen LogP contribution is 2.21. The van der Waals surface area contributed by atoms with E-state index in [1.165, 1.54) is 0 Å². The molecule has 1 amide bonds. The van der Waals surface area contributed by atoms with E-state index in [1.807, 2.05) is 42.5 Å². The van der Waals surface area contributed by atoms with Gasteiger partial charge in [0.05, 0.1) is 25.7 Å². The molecule has 2 N–H and O–H groups in total. The van der Waals surface area contributed by atoms with Crippen molar-refractivity contribution in [2.45, 2.75) is 25.5 Å². The Morgan fingerprint density at radius 2 is 1.73 bits per heavy atom. The number of hydrogen-bond donors (Lipinski definition) is 2. The predicted octanol–water partition coefficient (Wildman–Crippen LogP) is 3.63. The summed E-state index contributed by atoms with van der Waals surface area (Å²) in [4.78, 5) is 12.5. The highest BCUT2D eigenvalue weighted by atomic mass is 16.5. The molecule has 3 aromatic carbocycles. The molecule has 0 fully saturated rings. The zero-order chi connectivity index (χ0) is 18.5. The van der Waals surface area contributed by atoms with Crippen LogP contribution in [0.5, 0.6) is 5.75 Å². The maximum Gasteiger partial charge on any atom is 0.224 e. The van der Waals surface area contributed by atoms with Crippen LogP contribution in [0.1, 0.15) is 24.2 Å². The number of nitrogens with one attached hydrogen (secondary N) is 1. The standard InChI is InChI=1S/C22H23NO3/c1-15(22(25)17-10-12-19(26-2)13-11-17)23-21(24)14-18-8-5-7-16-6-3-4-9-20(16)18/h3-13,15,22,25H,14H2,1-2H3,(H,23,24). The fraction of sp³-hybridized carbons (Fsp3) is 0.227. The maximum absolute atomic E-state index is 12.5. The van der Waals surface area contributed by atoms with Crippen LogP contribution in [0, 0.1) is 0 Å². The molecule has 0 aromatic heterocycles. The lowest BCUT2D eigenvalue weighted by atomic mass is 10.0. The number of ether oxygens (including phenoxy) is 1. The lowest BCUT2D eigenvalue weighted by Crippen LogP contribution is -2.38. The number of hydrogen-bond acceptors (Lipinski definition) is 3. The molecular formula is C22H23NO3. The van der Waals surface area contributed by atoms with Crippen LogP contribution in [-0.2, 0) is 11.2 Å². The monoisotopic (exact) mass is 349 g/mol. The minimum atomic E-state index is -0.780. The summed E-state index contributed by atoms with van der Waals surface area (Å²) in [6.45, 7) is 1.80. The molecule has 2 atom stereocenters. The fourth-order valence-electron chi connectivity index (χ4n) is 3.09. The van der Waals surface area contributed by atoms with Crippen molar-refractivity contribution >= 4 is 16.7 Å². The minimum absolute atomic E-state index is 0.110. The number of carbonyl (C=O) groups excluding carboxylic acids is 1. The van der Waals surface area contributed by atoms with Gasteiger partial charge in [-0.25, -0.2) is 0 Å². The van der Waals surface area contributed by atoms with E-state index in [2.05, 4.69) is 5.32 Å². The summed E-state index contributed by atoms with van der Waals surface area (Å²) in [6, 6.07) is 20.8. The number of methoxy groups -OCH3 is 1. The summed E-state index contributed by atoms with van der Waals surface area (Å²) in [5.74, 6) is 0.620. The van der Waals surface area contributed by atoms with Crippen LogP contribution in [0.25, 0.3) is 10.8 Å². The summed E-state index contributed by atoms with van der Waals surface area (Å²) in [5.41, 5.74) is 1.72. The van der Waals surface area contributed by atoms with Crippen LogP contribution in [0.15, 0.2) is 66.7 Å². The molecule has 0 radical (unpaired) electrons. The first-order chi connectivity index (χ1) is 12.6. The van der Waals surface area contributed by atoms with Gasteiger partial charge in [-0.15, -0.1) is 0 Å². The third kappa shape index (κ3) is 4.03. The number of carbonyl (C=O) groups is 1. The van der Waals surface area contributed by atoms with Gasteiger partial charge in [-0.05, 0) is 41.0 Å². The van der Waals surface area contributed by atoms with Crippen molar-refractivity contribution in [3.05, 3.63) is 77.9 Å². The Bertz CT molecular complexity index is 884. The maximum atomic E-state index is 12.5. The van der Waals surface area contributed by atoms with Gasteiger partial charge >= 0.3 is 0 Å². The van der Waals surface area contributed by atoms with Gasteiger partial charge in [-0.1, -0.05) is 54.6 Å². The third-order valence-corrected chi connectivity index (χ3v) is 4.55. The molecular weight excluding hydrogens is 326 g/mol. The number of rotatable bonds is 6. The molecule has 0 saturated carbocycles. The normalized spacial score (nSPS) is 13.2. The van der Waals surface area contributed by atoms with Gasteiger partial charge < -0.3 is 15.2 Å². The van der Waals surface area contributed by atoms with Gasteiger partial charge in [0.1, 0.15) is 5.75 Å². The lowest BCUT2D eigenvalue weighted by Gasteiger charge is -2.21. The highest BCUT2D eigenvalue weighted by molar-refractivity contribution is 5.90. The Hall–Kier alpha value is -2.85. The van der Waals surface area contributed by atoms with Gasteiger partial charge in [0, 0.05) is 0 Å². The first kappa shape index (κ1) is 18.0. The average Bonchev–Trinajstić information content (AvgIpc) is 2.67. The van der Waals surface area contributed by atoms with Crippen LogP contribution < -0.4 is 10.1 Å². The zero-order valence-corrected chi connectivity index (χ0v) is 15.0. The van der Waals surface area contributed by atoms with Crippen molar-refractivity contribution in [1.82, 2.24) is 5.32 Å². The summed E-state index contributed by atoms with van der Waals surface area (Å²) in [5, 5.41) is 15.6. The van der Waals surface area contributed by atoms with Crippen LogP contribution in [0.3, 0.4) is 0 Å². The van der Waals surface area contributed by atoms with Gasteiger partial charge in [0.25, 0.3) is 0 Å². The lowest BCUT2D eigenvalue weighted by molar-refractivity contribution is -0.121. The molecule has 134 valence electrons. The number of amides is 1. The Balaban J connectivity index is 1.66. The van der Waals surface area contributed by atoms with Crippen molar-refractivity contribution in [2.24, 2.45) is 0 Å². The molecule has 0 bridgehead atoms. The van der Waals surface area contributed by atoms with E-state index >= 15 is 0 Å². The SMILES string of the molecule is COc1ccc(C(O)C(C)NC(=O)Cc2cccc3ccccc23)cc1. The molecule has 26 heavy (non-hydrogen) atoms. The highest BCUT2D eigenvalue weighted by Gasteiger charge is 2.19. The summed E-state index contributed by atoms with van der Waals surface area (Å²) in [7, 11) is 1.60. The van der Waals surface area contributed by atoms with Crippen molar-refractivity contribution in [1.29, 1.82) is 0 Å². The van der Waals surface area contributed by atoms with E-state index in [9.17, 15) is 9.90 Å². The van der Waals surface area contributed by atoms with Crippen molar-refractivity contribution in [3.63, 3.8) is 0 Å². The van der Waals surface area contributed by atoms with E-state index < -0.39 is 12.1 Å². The van der Waals surface area contributed by atoms with Crippen molar-refractivity contribution < 1.29 is 14.6 Å². The van der Waals surface area contributed by atoms with E-state index in [0.717, 1.165) is 27.6 Å². The number of fused-ring (bicyclic) bond motifs is 1.